The lowest BCUT2D eigenvalue weighted by Gasteiger charge is -2.24. The molecule has 21 heavy (non-hydrogen) atoms. The van der Waals surface area contributed by atoms with Crippen molar-refractivity contribution in [1.29, 1.82) is 0 Å². The Morgan fingerprint density at radius 2 is 2.24 bits per heavy atom. The Labute approximate surface area is 125 Å². The first-order valence-electron chi connectivity index (χ1n) is 6.42. The Balaban J connectivity index is 2.28. The summed E-state index contributed by atoms with van der Waals surface area (Å²) in [5.74, 6) is 0.232. The quantitative estimate of drug-likeness (QED) is 0.579. The van der Waals surface area contributed by atoms with Crippen molar-refractivity contribution in [3.8, 4) is 0 Å². The van der Waals surface area contributed by atoms with Crippen LogP contribution in [0.4, 0.5) is 10.1 Å². The zero-order chi connectivity index (χ0) is 15.6. The average molecular weight is 307 g/mol. The van der Waals surface area contributed by atoms with Crippen molar-refractivity contribution in [2.75, 3.05) is 12.8 Å². The Kier molecular flexibility index (Phi) is 4.66. The summed E-state index contributed by atoms with van der Waals surface area (Å²) in [7, 11) is 4.08. The molecule has 112 valence electrons. The third kappa shape index (κ3) is 3.26. The molecule has 0 radical (unpaired) electrons. The van der Waals surface area contributed by atoms with Crippen molar-refractivity contribution in [2.45, 2.75) is 12.6 Å². The van der Waals surface area contributed by atoms with Gasteiger partial charge in [0.05, 0.1) is 12.8 Å². The van der Waals surface area contributed by atoms with Gasteiger partial charge in [-0.3, -0.25) is 0 Å². The maximum Gasteiger partial charge on any atom is 0.150 e. The van der Waals surface area contributed by atoms with E-state index in [1.165, 1.54) is 0 Å². The molecule has 0 spiro atoms. The third-order valence-corrected chi connectivity index (χ3v) is 3.92. The van der Waals surface area contributed by atoms with E-state index in [2.05, 4.69) is 21.1 Å². The van der Waals surface area contributed by atoms with Crippen molar-refractivity contribution in [3.05, 3.63) is 59.3 Å². The van der Waals surface area contributed by atoms with Crippen molar-refractivity contribution >= 4 is 20.2 Å². The van der Waals surface area contributed by atoms with E-state index in [0.29, 0.717) is 23.3 Å². The predicted octanol–water partition coefficient (Wildman–Crippen LogP) is 1.31. The Hall–Kier alpha value is -1.84. The zero-order valence-corrected chi connectivity index (χ0v) is 13.0. The first-order valence-corrected chi connectivity index (χ1v) is 6.99. The summed E-state index contributed by atoms with van der Waals surface area (Å²) in [6.45, 7) is 4.02. The molecule has 0 aromatic heterocycles. The molecule has 1 aromatic carbocycles. The fourth-order valence-electron chi connectivity index (χ4n) is 2.14. The van der Waals surface area contributed by atoms with Crippen molar-refractivity contribution in [1.82, 2.24) is 5.32 Å². The number of anilines is 1. The molecule has 1 aromatic rings. The highest BCUT2D eigenvalue weighted by molar-refractivity contribution is 7.27. The fraction of sp³-hybridized carbons (Fsp3) is 0.200. The number of allylic oxidation sites excluding steroid dienone is 1. The van der Waals surface area contributed by atoms with Crippen LogP contribution < -0.4 is 22.1 Å². The minimum atomic E-state index is -0.413. The Bertz CT molecular complexity index is 640. The second-order valence-electron chi connectivity index (χ2n) is 4.81. The Morgan fingerprint density at radius 3 is 2.90 bits per heavy atom. The predicted molar refractivity (Wildman–Crippen MR) is 87.3 cm³/mol. The molecule has 1 aliphatic rings. The smallest absolute Gasteiger partial charge is 0.150 e. The van der Waals surface area contributed by atoms with Crippen LogP contribution >= 0.6 is 9.24 Å². The molecule has 2 rings (SSSR count). The van der Waals surface area contributed by atoms with Gasteiger partial charge in [0, 0.05) is 18.2 Å². The molecular formula is C15H19FN3OP. The minimum Gasteiger partial charge on any atom is -0.495 e. The second kappa shape index (κ2) is 6.29. The summed E-state index contributed by atoms with van der Waals surface area (Å²) in [6, 6.07) is 3.31. The maximum atomic E-state index is 14.1. The monoisotopic (exact) mass is 307 g/mol. The largest absolute Gasteiger partial charge is 0.495 e. The van der Waals surface area contributed by atoms with E-state index in [0.717, 1.165) is 10.9 Å². The number of benzene rings is 1. The number of rotatable bonds is 4. The summed E-state index contributed by atoms with van der Waals surface area (Å²) >= 11 is 0. The van der Waals surface area contributed by atoms with Crippen LogP contribution in [0.5, 0.6) is 0 Å². The van der Waals surface area contributed by atoms with E-state index < -0.39 is 12.0 Å². The molecule has 6 heteroatoms. The molecule has 0 fully saturated rings. The van der Waals surface area contributed by atoms with Gasteiger partial charge in [0.25, 0.3) is 0 Å². The lowest BCUT2D eigenvalue weighted by molar-refractivity contribution is 0.300. The SMILES string of the molecule is C=C(Cc1c(P)ccc(N)c1F)C1=CC(OC)=CNC1N. The topological polar surface area (TPSA) is 73.3 Å². The van der Waals surface area contributed by atoms with Gasteiger partial charge in [-0.15, -0.1) is 9.24 Å². The number of dihydropyridines is 1. The maximum absolute atomic E-state index is 14.1. The number of hydrogen-bond donors (Lipinski definition) is 3. The second-order valence-corrected chi connectivity index (χ2v) is 5.43. The molecule has 1 aliphatic heterocycles. The number of methoxy groups -OCH3 is 1. The molecule has 0 saturated heterocycles. The van der Waals surface area contributed by atoms with Crippen molar-refractivity contribution in [2.24, 2.45) is 5.73 Å². The molecule has 0 aliphatic carbocycles. The Morgan fingerprint density at radius 1 is 1.52 bits per heavy atom. The van der Waals surface area contributed by atoms with Crippen LogP contribution in [0.2, 0.25) is 0 Å². The summed E-state index contributed by atoms with van der Waals surface area (Å²) in [5.41, 5.74) is 13.7. The number of nitrogens with two attached hydrogens (primary N) is 2. The first kappa shape index (κ1) is 15.5. The van der Waals surface area contributed by atoms with E-state index in [1.807, 2.05) is 0 Å². The number of halogens is 1. The van der Waals surface area contributed by atoms with Crippen LogP contribution in [-0.2, 0) is 11.2 Å². The van der Waals surface area contributed by atoms with Crippen LogP contribution in [0.15, 0.2) is 47.9 Å². The van der Waals surface area contributed by atoms with Crippen LogP contribution in [-0.4, -0.2) is 13.3 Å². The lowest BCUT2D eigenvalue weighted by atomic mass is 9.95. The van der Waals surface area contributed by atoms with E-state index in [4.69, 9.17) is 16.2 Å². The van der Waals surface area contributed by atoms with E-state index in [1.54, 1.807) is 31.5 Å². The van der Waals surface area contributed by atoms with Crippen molar-refractivity contribution in [3.63, 3.8) is 0 Å². The molecule has 5 N–H and O–H groups in total. The van der Waals surface area contributed by atoms with Crippen LogP contribution in [0.1, 0.15) is 5.56 Å². The first-order chi connectivity index (χ1) is 9.93. The van der Waals surface area contributed by atoms with Gasteiger partial charge in [-0.2, -0.15) is 0 Å². The number of nitrogen functional groups attached to an aromatic ring is 1. The highest BCUT2D eigenvalue weighted by Gasteiger charge is 2.19. The summed E-state index contributed by atoms with van der Waals surface area (Å²) in [6.07, 6.45) is 3.42. The number of hydrogen-bond acceptors (Lipinski definition) is 4. The molecule has 1 heterocycles. The molecule has 4 nitrogen and oxygen atoms in total. The van der Waals surface area contributed by atoms with Gasteiger partial charge < -0.3 is 21.5 Å². The van der Waals surface area contributed by atoms with Gasteiger partial charge in [-0.25, -0.2) is 4.39 Å². The normalized spacial score (nSPS) is 17.6. The van der Waals surface area contributed by atoms with Crippen LogP contribution in [0.3, 0.4) is 0 Å². The van der Waals surface area contributed by atoms with Gasteiger partial charge >= 0.3 is 0 Å². The molecule has 0 amide bonds. The van der Waals surface area contributed by atoms with E-state index >= 15 is 0 Å². The molecule has 0 bridgehead atoms. The van der Waals surface area contributed by atoms with E-state index in [-0.39, 0.29) is 5.69 Å². The third-order valence-electron chi connectivity index (χ3n) is 3.38. The van der Waals surface area contributed by atoms with Crippen LogP contribution in [0.25, 0.3) is 0 Å². The standard InChI is InChI=1S/C15H19FN3OP/c1-8(10-6-9(20-2)7-19-15(10)18)5-11-13(21)4-3-12(17)14(11)16/h3-4,6-7,15,19H,1,5,17-18,21H2,2H3. The molecule has 2 atom stereocenters. The highest BCUT2D eigenvalue weighted by Crippen LogP contribution is 2.24. The highest BCUT2D eigenvalue weighted by atomic mass is 31.0. The summed E-state index contributed by atoms with van der Waals surface area (Å²) in [5, 5.41) is 3.73. The molecule has 2 unspecified atom stereocenters. The fourth-order valence-corrected chi connectivity index (χ4v) is 2.46. The van der Waals surface area contributed by atoms with Crippen LogP contribution in [0, 0.1) is 5.82 Å². The average Bonchev–Trinajstić information content (AvgIpc) is 2.48. The number of nitrogens with one attached hydrogen (secondary N) is 1. The van der Waals surface area contributed by atoms with Crippen molar-refractivity contribution < 1.29 is 9.13 Å². The molecule has 0 saturated carbocycles. The van der Waals surface area contributed by atoms with Gasteiger partial charge in [0.2, 0.25) is 0 Å². The molecular weight excluding hydrogens is 288 g/mol. The zero-order valence-electron chi connectivity index (χ0n) is 11.8. The summed E-state index contributed by atoms with van der Waals surface area (Å²) < 4.78 is 19.3. The van der Waals surface area contributed by atoms with Gasteiger partial charge in [-0.1, -0.05) is 12.6 Å². The summed E-state index contributed by atoms with van der Waals surface area (Å²) in [4.78, 5) is 0. The van der Waals surface area contributed by atoms with Gasteiger partial charge in [-0.05, 0) is 28.6 Å². The number of ether oxygens (including phenoxy) is 1. The van der Waals surface area contributed by atoms with Gasteiger partial charge in [0.1, 0.15) is 17.7 Å². The lowest BCUT2D eigenvalue weighted by Crippen LogP contribution is -2.38. The van der Waals surface area contributed by atoms with E-state index in [9.17, 15) is 4.39 Å². The minimum absolute atomic E-state index is 0.126. The van der Waals surface area contributed by atoms with Gasteiger partial charge in [0.15, 0.2) is 0 Å².